The van der Waals surface area contributed by atoms with Crippen molar-refractivity contribution >= 4 is 33.0 Å². The van der Waals surface area contributed by atoms with Gasteiger partial charge in [0.05, 0.1) is 19.1 Å². The lowest BCUT2D eigenvalue weighted by Gasteiger charge is -2.09. The van der Waals surface area contributed by atoms with Gasteiger partial charge in [0, 0.05) is 15.8 Å². The van der Waals surface area contributed by atoms with E-state index in [0.29, 0.717) is 17.9 Å². The van der Waals surface area contributed by atoms with Crippen molar-refractivity contribution in [1.29, 1.82) is 0 Å². The summed E-state index contributed by atoms with van der Waals surface area (Å²) in [6, 6.07) is 7.50. The highest BCUT2D eigenvalue weighted by Gasteiger charge is 2.15. The van der Waals surface area contributed by atoms with Crippen LogP contribution in [0.25, 0.3) is 0 Å². The second-order valence-electron chi connectivity index (χ2n) is 4.32. The maximum Gasteiger partial charge on any atom is 0.178 e. The first-order valence-electron chi connectivity index (χ1n) is 6.05. The summed E-state index contributed by atoms with van der Waals surface area (Å²) >= 11 is 4.93. The van der Waals surface area contributed by atoms with Crippen molar-refractivity contribution in [1.82, 2.24) is 0 Å². The molecule has 0 aliphatic rings. The Bertz CT molecular complexity index is 634. The minimum atomic E-state index is 0.0993. The van der Waals surface area contributed by atoms with E-state index in [9.17, 15) is 4.79 Å². The molecular formula is C15H15BrO3S. The van der Waals surface area contributed by atoms with Gasteiger partial charge in [0.1, 0.15) is 0 Å². The van der Waals surface area contributed by atoms with E-state index < -0.39 is 0 Å². The Balaban J connectivity index is 2.22. The molecule has 0 unspecified atom stereocenters. The molecule has 0 radical (unpaired) electrons. The van der Waals surface area contributed by atoms with Crippen molar-refractivity contribution in [2.45, 2.75) is 13.3 Å². The molecule has 0 saturated heterocycles. The van der Waals surface area contributed by atoms with E-state index in [1.807, 2.05) is 31.2 Å². The summed E-state index contributed by atoms with van der Waals surface area (Å²) in [6.07, 6.45) is 0.346. The highest BCUT2D eigenvalue weighted by atomic mass is 79.9. The fourth-order valence-corrected chi connectivity index (χ4v) is 3.73. The molecule has 0 aliphatic carbocycles. The van der Waals surface area contributed by atoms with Gasteiger partial charge in [-0.25, -0.2) is 0 Å². The van der Waals surface area contributed by atoms with E-state index >= 15 is 0 Å². The fraction of sp³-hybridized carbons (Fsp3) is 0.267. The van der Waals surface area contributed by atoms with Crippen LogP contribution < -0.4 is 9.47 Å². The summed E-state index contributed by atoms with van der Waals surface area (Å²) in [5, 5.41) is 0. The summed E-state index contributed by atoms with van der Waals surface area (Å²) in [7, 11) is 3.18. The van der Waals surface area contributed by atoms with E-state index in [0.717, 1.165) is 19.8 Å². The minimum Gasteiger partial charge on any atom is -0.493 e. The molecule has 2 rings (SSSR count). The van der Waals surface area contributed by atoms with Crippen LogP contribution in [0, 0.1) is 6.92 Å². The van der Waals surface area contributed by atoms with Gasteiger partial charge >= 0.3 is 0 Å². The van der Waals surface area contributed by atoms with Gasteiger partial charge in [0.25, 0.3) is 0 Å². The van der Waals surface area contributed by atoms with Crippen LogP contribution in [0.5, 0.6) is 11.5 Å². The maximum absolute atomic E-state index is 12.3. The number of aryl methyl sites for hydroxylation is 1. The van der Waals surface area contributed by atoms with Crippen molar-refractivity contribution < 1.29 is 14.3 Å². The molecule has 0 fully saturated rings. The number of ketones is 1. The predicted molar refractivity (Wildman–Crippen MR) is 84.3 cm³/mol. The molecule has 1 aromatic heterocycles. The van der Waals surface area contributed by atoms with Gasteiger partial charge in [-0.1, -0.05) is 6.07 Å². The van der Waals surface area contributed by atoms with E-state index in [-0.39, 0.29) is 5.78 Å². The standard InChI is InChI=1S/C15H15BrO3S/c1-9-6-11(16)15(20-9)12(17)7-10-4-5-13(18-2)14(8-10)19-3/h4-6,8H,7H2,1-3H3. The number of halogens is 1. The summed E-state index contributed by atoms with van der Waals surface area (Å²) in [5.41, 5.74) is 0.908. The molecule has 3 nitrogen and oxygen atoms in total. The SMILES string of the molecule is COc1ccc(CC(=O)c2sc(C)cc2Br)cc1OC. The maximum atomic E-state index is 12.3. The number of rotatable bonds is 5. The van der Waals surface area contributed by atoms with Crippen LogP contribution in [-0.2, 0) is 6.42 Å². The average Bonchev–Trinajstić information content (AvgIpc) is 2.77. The van der Waals surface area contributed by atoms with Crippen LogP contribution in [0.3, 0.4) is 0 Å². The molecule has 5 heteroatoms. The Morgan fingerprint density at radius 2 is 1.90 bits per heavy atom. The molecule has 0 N–H and O–H groups in total. The molecule has 1 aromatic carbocycles. The van der Waals surface area contributed by atoms with Gasteiger partial charge in [-0.05, 0) is 46.6 Å². The highest BCUT2D eigenvalue weighted by molar-refractivity contribution is 9.10. The Morgan fingerprint density at radius 3 is 2.45 bits per heavy atom. The van der Waals surface area contributed by atoms with Crippen LogP contribution in [0.2, 0.25) is 0 Å². The Kier molecular flexibility index (Phi) is 4.83. The number of ether oxygens (including phenoxy) is 2. The zero-order valence-corrected chi connectivity index (χ0v) is 13.9. The lowest BCUT2D eigenvalue weighted by Crippen LogP contribution is -2.02. The lowest BCUT2D eigenvalue weighted by molar-refractivity contribution is 0.0996. The van der Waals surface area contributed by atoms with E-state index in [4.69, 9.17) is 9.47 Å². The molecule has 2 aromatic rings. The Morgan fingerprint density at radius 1 is 1.20 bits per heavy atom. The molecule has 0 amide bonds. The quantitative estimate of drug-likeness (QED) is 0.752. The number of hydrogen-bond donors (Lipinski definition) is 0. The molecule has 1 heterocycles. The Hall–Kier alpha value is -1.33. The number of methoxy groups -OCH3 is 2. The fourth-order valence-electron chi connectivity index (χ4n) is 1.93. The number of benzene rings is 1. The molecule has 20 heavy (non-hydrogen) atoms. The lowest BCUT2D eigenvalue weighted by atomic mass is 10.1. The van der Waals surface area contributed by atoms with Gasteiger partial charge in [-0.3, -0.25) is 4.79 Å². The molecule has 0 aliphatic heterocycles. The van der Waals surface area contributed by atoms with Crippen molar-refractivity contribution in [3.05, 3.63) is 44.1 Å². The first-order valence-corrected chi connectivity index (χ1v) is 7.66. The third-order valence-corrected chi connectivity index (χ3v) is 4.86. The summed E-state index contributed by atoms with van der Waals surface area (Å²) < 4.78 is 11.3. The highest BCUT2D eigenvalue weighted by Crippen LogP contribution is 2.30. The molecule has 0 spiro atoms. The number of carbonyl (C=O) groups is 1. The van der Waals surface area contributed by atoms with Gasteiger partial charge in [0.15, 0.2) is 17.3 Å². The molecule has 0 bridgehead atoms. The van der Waals surface area contributed by atoms with Crippen LogP contribution in [-0.4, -0.2) is 20.0 Å². The monoisotopic (exact) mass is 354 g/mol. The normalized spacial score (nSPS) is 10.4. The largest absolute Gasteiger partial charge is 0.493 e. The zero-order valence-electron chi connectivity index (χ0n) is 11.5. The van der Waals surface area contributed by atoms with E-state index in [1.165, 1.54) is 11.3 Å². The van der Waals surface area contributed by atoms with Crippen molar-refractivity contribution in [2.24, 2.45) is 0 Å². The third-order valence-electron chi connectivity index (χ3n) is 2.88. The van der Waals surface area contributed by atoms with Crippen molar-refractivity contribution in [3.63, 3.8) is 0 Å². The van der Waals surface area contributed by atoms with Crippen molar-refractivity contribution in [2.75, 3.05) is 14.2 Å². The summed E-state index contributed by atoms with van der Waals surface area (Å²) in [5.74, 6) is 1.40. The topological polar surface area (TPSA) is 35.5 Å². The predicted octanol–water partition coefficient (Wildman–Crippen LogP) is 4.26. The van der Waals surface area contributed by atoms with Crippen molar-refractivity contribution in [3.8, 4) is 11.5 Å². The molecule has 0 saturated carbocycles. The van der Waals surface area contributed by atoms with Gasteiger partial charge in [-0.15, -0.1) is 11.3 Å². The summed E-state index contributed by atoms with van der Waals surface area (Å²) in [4.78, 5) is 14.2. The molecule has 0 atom stereocenters. The van der Waals surface area contributed by atoms with E-state index in [2.05, 4.69) is 15.9 Å². The van der Waals surface area contributed by atoms with Gasteiger partial charge < -0.3 is 9.47 Å². The minimum absolute atomic E-state index is 0.0993. The average molecular weight is 355 g/mol. The zero-order chi connectivity index (χ0) is 14.7. The number of Topliss-reactive ketones (excluding diaryl/α,β-unsaturated/α-hetero) is 1. The first-order chi connectivity index (χ1) is 9.55. The van der Waals surface area contributed by atoms with Crippen LogP contribution in [0.1, 0.15) is 20.1 Å². The Labute approximate surface area is 130 Å². The van der Waals surface area contributed by atoms with Crippen LogP contribution in [0.4, 0.5) is 0 Å². The smallest absolute Gasteiger partial charge is 0.178 e. The first kappa shape index (κ1) is 15.1. The van der Waals surface area contributed by atoms with Gasteiger partial charge in [-0.2, -0.15) is 0 Å². The van der Waals surface area contributed by atoms with Crippen LogP contribution >= 0.6 is 27.3 Å². The molecule has 106 valence electrons. The second kappa shape index (κ2) is 6.41. The van der Waals surface area contributed by atoms with E-state index in [1.54, 1.807) is 14.2 Å². The summed E-state index contributed by atoms with van der Waals surface area (Å²) in [6.45, 7) is 1.99. The van der Waals surface area contributed by atoms with Crippen LogP contribution in [0.15, 0.2) is 28.7 Å². The van der Waals surface area contributed by atoms with Gasteiger partial charge in [0.2, 0.25) is 0 Å². The molecular weight excluding hydrogens is 340 g/mol. The second-order valence-corrected chi connectivity index (χ2v) is 6.43. The number of carbonyl (C=O) groups excluding carboxylic acids is 1. The number of thiophene rings is 1. The number of hydrogen-bond acceptors (Lipinski definition) is 4. The third kappa shape index (κ3) is 3.22.